The molecule has 3 atom stereocenters. The molecule has 1 aliphatic heterocycles. The lowest BCUT2D eigenvalue weighted by Crippen LogP contribution is -2.34. The highest BCUT2D eigenvalue weighted by Crippen LogP contribution is 2.26. The number of hydrogen-bond acceptors (Lipinski definition) is 3. The molecule has 1 aliphatic rings. The largest absolute Gasteiger partial charge is 0.390 e. The van der Waals surface area contributed by atoms with Crippen LogP contribution >= 0.6 is 0 Å². The zero-order valence-electron chi connectivity index (χ0n) is 8.49. The fraction of sp³-hybridized carbons (Fsp3) is 0.800. The van der Waals surface area contributed by atoms with Crippen LogP contribution in [0.5, 0.6) is 0 Å². The van der Waals surface area contributed by atoms with Gasteiger partial charge >= 0.3 is 0 Å². The topological polar surface area (TPSA) is 38.7 Å². The SMILES string of the molecule is C=C[C@@H](C)[C@H](O)C1COC(C)(C)O1. The van der Waals surface area contributed by atoms with Crippen molar-refractivity contribution >= 4 is 0 Å². The Labute approximate surface area is 79.3 Å². The summed E-state index contributed by atoms with van der Waals surface area (Å²) in [6.07, 6.45) is 0.960. The second kappa shape index (κ2) is 3.78. The van der Waals surface area contributed by atoms with E-state index in [1.54, 1.807) is 6.08 Å². The van der Waals surface area contributed by atoms with Gasteiger partial charge in [0.15, 0.2) is 5.79 Å². The average Bonchev–Trinajstić information content (AvgIpc) is 2.43. The lowest BCUT2D eigenvalue weighted by molar-refractivity contribution is -0.153. The molecule has 0 aromatic heterocycles. The number of hydrogen-bond donors (Lipinski definition) is 1. The van der Waals surface area contributed by atoms with Gasteiger partial charge in [-0.3, -0.25) is 0 Å². The van der Waals surface area contributed by atoms with Crippen LogP contribution in [0.3, 0.4) is 0 Å². The van der Waals surface area contributed by atoms with Crippen molar-refractivity contribution in [2.75, 3.05) is 6.61 Å². The van der Waals surface area contributed by atoms with Gasteiger partial charge in [-0.1, -0.05) is 13.0 Å². The van der Waals surface area contributed by atoms with Gasteiger partial charge in [0.1, 0.15) is 6.10 Å². The highest BCUT2D eigenvalue weighted by molar-refractivity contribution is 4.88. The predicted octanol–water partition coefficient (Wildman–Crippen LogP) is 1.32. The standard InChI is InChI=1S/C10H18O3/c1-5-7(2)9(11)8-6-12-10(3,4)13-8/h5,7-9,11H,1,6H2,2-4H3/t7-,8?,9+/m1/s1. The van der Waals surface area contributed by atoms with E-state index in [0.29, 0.717) is 6.61 Å². The Kier molecular flexibility index (Phi) is 3.11. The summed E-state index contributed by atoms with van der Waals surface area (Å²) in [7, 11) is 0. The summed E-state index contributed by atoms with van der Waals surface area (Å²) >= 11 is 0. The van der Waals surface area contributed by atoms with Crippen LogP contribution in [0.25, 0.3) is 0 Å². The molecule has 3 nitrogen and oxygen atoms in total. The maximum absolute atomic E-state index is 9.77. The molecule has 0 radical (unpaired) electrons. The van der Waals surface area contributed by atoms with Gasteiger partial charge in [0.2, 0.25) is 0 Å². The van der Waals surface area contributed by atoms with E-state index in [4.69, 9.17) is 9.47 Å². The van der Waals surface area contributed by atoms with E-state index in [1.807, 2.05) is 20.8 Å². The summed E-state index contributed by atoms with van der Waals surface area (Å²) < 4.78 is 10.9. The molecule has 0 saturated carbocycles. The Morgan fingerprint density at radius 2 is 2.23 bits per heavy atom. The van der Waals surface area contributed by atoms with Crippen LogP contribution < -0.4 is 0 Å². The van der Waals surface area contributed by atoms with Crippen LogP contribution in [-0.2, 0) is 9.47 Å². The smallest absolute Gasteiger partial charge is 0.163 e. The molecule has 1 saturated heterocycles. The van der Waals surface area contributed by atoms with E-state index in [1.165, 1.54) is 0 Å². The van der Waals surface area contributed by atoms with E-state index in [9.17, 15) is 5.11 Å². The molecule has 76 valence electrons. The summed E-state index contributed by atoms with van der Waals surface area (Å²) in [5.74, 6) is -0.533. The molecule has 0 spiro atoms. The maximum atomic E-state index is 9.77. The van der Waals surface area contributed by atoms with Crippen molar-refractivity contribution in [3.05, 3.63) is 12.7 Å². The maximum Gasteiger partial charge on any atom is 0.163 e. The van der Waals surface area contributed by atoms with Gasteiger partial charge in [-0.2, -0.15) is 0 Å². The third-order valence-electron chi connectivity index (χ3n) is 2.32. The fourth-order valence-corrected chi connectivity index (χ4v) is 1.36. The third kappa shape index (κ3) is 2.53. The molecule has 1 rings (SSSR count). The highest BCUT2D eigenvalue weighted by atomic mass is 16.7. The van der Waals surface area contributed by atoms with E-state index < -0.39 is 11.9 Å². The Morgan fingerprint density at radius 3 is 2.62 bits per heavy atom. The Balaban J connectivity index is 2.51. The number of aliphatic hydroxyl groups excluding tert-OH is 1. The van der Waals surface area contributed by atoms with Crippen LogP contribution in [0.2, 0.25) is 0 Å². The van der Waals surface area contributed by atoms with Crippen LogP contribution in [0.1, 0.15) is 20.8 Å². The summed E-state index contributed by atoms with van der Waals surface area (Å²) in [5.41, 5.74) is 0. The van der Waals surface area contributed by atoms with Gasteiger partial charge in [-0.05, 0) is 13.8 Å². The second-order valence-electron chi connectivity index (χ2n) is 3.95. The van der Waals surface area contributed by atoms with Crippen molar-refractivity contribution in [3.8, 4) is 0 Å². The average molecular weight is 186 g/mol. The zero-order chi connectivity index (χ0) is 10.1. The molecule has 1 fully saturated rings. The second-order valence-corrected chi connectivity index (χ2v) is 3.95. The lowest BCUT2D eigenvalue weighted by atomic mass is 10.0. The summed E-state index contributed by atoms with van der Waals surface area (Å²) in [4.78, 5) is 0. The van der Waals surface area contributed by atoms with Crippen molar-refractivity contribution in [2.45, 2.75) is 38.8 Å². The molecular formula is C10H18O3. The predicted molar refractivity (Wildman–Crippen MR) is 50.3 cm³/mol. The normalized spacial score (nSPS) is 31.2. The molecule has 0 aliphatic carbocycles. The van der Waals surface area contributed by atoms with Crippen LogP contribution in [0.4, 0.5) is 0 Å². The van der Waals surface area contributed by atoms with Gasteiger partial charge in [0.25, 0.3) is 0 Å². The van der Waals surface area contributed by atoms with Gasteiger partial charge < -0.3 is 14.6 Å². The van der Waals surface area contributed by atoms with Crippen molar-refractivity contribution in [1.82, 2.24) is 0 Å². The van der Waals surface area contributed by atoms with Crippen molar-refractivity contribution in [3.63, 3.8) is 0 Å². The minimum Gasteiger partial charge on any atom is -0.390 e. The van der Waals surface area contributed by atoms with Crippen LogP contribution in [0.15, 0.2) is 12.7 Å². The first kappa shape index (κ1) is 10.7. The molecule has 13 heavy (non-hydrogen) atoms. The first-order valence-electron chi connectivity index (χ1n) is 4.58. The molecule has 3 heteroatoms. The minimum absolute atomic E-state index is 0.0301. The first-order chi connectivity index (χ1) is 5.96. The third-order valence-corrected chi connectivity index (χ3v) is 2.32. The molecule has 0 aromatic carbocycles. The number of aliphatic hydroxyl groups is 1. The van der Waals surface area contributed by atoms with Gasteiger partial charge in [0, 0.05) is 5.92 Å². The fourth-order valence-electron chi connectivity index (χ4n) is 1.36. The minimum atomic E-state index is -0.563. The quantitative estimate of drug-likeness (QED) is 0.676. The summed E-state index contributed by atoms with van der Waals surface area (Å²) in [5, 5.41) is 9.77. The van der Waals surface area contributed by atoms with Gasteiger partial charge in [-0.25, -0.2) is 0 Å². The molecule has 1 N–H and O–H groups in total. The Bertz CT molecular complexity index is 189. The Hall–Kier alpha value is -0.380. The molecule has 1 unspecified atom stereocenters. The van der Waals surface area contributed by atoms with Gasteiger partial charge in [-0.15, -0.1) is 6.58 Å². The lowest BCUT2D eigenvalue weighted by Gasteiger charge is -2.22. The first-order valence-corrected chi connectivity index (χ1v) is 4.58. The van der Waals surface area contributed by atoms with Crippen LogP contribution in [-0.4, -0.2) is 29.7 Å². The molecule has 0 amide bonds. The summed E-state index contributed by atoms with van der Waals surface area (Å²) in [6, 6.07) is 0. The van der Waals surface area contributed by atoms with E-state index in [0.717, 1.165) is 0 Å². The van der Waals surface area contributed by atoms with E-state index in [2.05, 4.69) is 6.58 Å². The Morgan fingerprint density at radius 1 is 1.62 bits per heavy atom. The zero-order valence-corrected chi connectivity index (χ0v) is 8.49. The summed E-state index contributed by atoms with van der Waals surface area (Å²) in [6.45, 7) is 9.68. The van der Waals surface area contributed by atoms with Crippen molar-refractivity contribution in [1.29, 1.82) is 0 Å². The monoisotopic (exact) mass is 186 g/mol. The molecule has 1 heterocycles. The molecule has 0 aromatic rings. The number of ether oxygens (including phenoxy) is 2. The highest BCUT2D eigenvalue weighted by Gasteiger charge is 2.37. The number of rotatable bonds is 3. The van der Waals surface area contributed by atoms with Gasteiger partial charge in [0.05, 0.1) is 12.7 Å². The van der Waals surface area contributed by atoms with Crippen LogP contribution in [0, 0.1) is 5.92 Å². The van der Waals surface area contributed by atoms with Crippen molar-refractivity contribution < 1.29 is 14.6 Å². The van der Waals surface area contributed by atoms with E-state index in [-0.39, 0.29) is 12.0 Å². The molecule has 0 bridgehead atoms. The van der Waals surface area contributed by atoms with Crippen molar-refractivity contribution in [2.24, 2.45) is 5.92 Å². The van der Waals surface area contributed by atoms with E-state index >= 15 is 0 Å². The molecular weight excluding hydrogens is 168 g/mol.